The predicted molar refractivity (Wildman–Crippen MR) is 137 cm³/mol. The molecule has 0 radical (unpaired) electrons. The summed E-state index contributed by atoms with van der Waals surface area (Å²) in [6, 6.07) is 21.5. The standard InChI is InChI=1S/C28H25N3O5/c1-2-36-28(35)20-13-15-21(16-14-20)29-25(32)18-24-27(34)30-22-10-6-7-11-23(22)31(24)26(33)17-12-19-8-4-3-5-9-19/h3-17,24H,2,18H2,1H3,(H,29,32)(H,30,34)/b17-12+. The molecule has 1 atom stereocenters. The smallest absolute Gasteiger partial charge is 0.338 e. The highest BCUT2D eigenvalue weighted by Crippen LogP contribution is 2.33. The van der Waals surface area contributed by atoms with Crippen LogP contribution in [0.2, 0.25) is 0 Å². The van der Waals surface area contributed by atoms with Gasteiger partial charge in [0.2, 0.25) is 11.8 Å². The SMILES string of the molecule is CCOC(=O)c1ccc(NC(=O)CC2C(=O)Nc3ccccc3N2C(=O)/C=C/c2ccccc2)cc1. The number of amides is 3. The molecule has 0 saturated carbocycles. The lowest BCUT2D eigenvalue weighted by Crippen LogP contribution is -2.52. The van der Waals surface area contributed by atoms with Gasteiger partial charge in [0.25, 0.3) is 5.91 Å². The molecule has 3 aromatic carbocycles. The minimum atomic E-state index is -1.05. The number of ether oxygens (including phenoxy) is 1. The number of nitrogens with zero attached hydrogens (tertiary/aromatic N) is 1. The molecule has 3 aromatic rings. The number of hydrogen-bond acceptors (Lipinski definition) is 5. The Bertz CT molecular complexity index is 1300. The number of esters is 1. The average Bonchev–Trinajstić information content (AvgIpc) is 2.89. The fraction of sp³-hybridized carbons (Fsp3) is 0.143. The number of carbonyl (C=O) groups excluding carboxylic acids is 4. The summed E-state index contributed by atoms with van der Waals surface area (Å²) in [5.74, 6) is -1.78. The highest BCUT2D eigenvalue weighted by Gasteiger charge is 2.37. The number of rotatable bonds is 7. The minimum absolute atomic E-state index is 0.259. The van der Waals surface area contributed by atoms with E-state index < -0.39 is 29.7 Å². The number of benzene rings is 3. The summed E-state index contributed by atoms with van der Waals surface area (Å²) < 4.78 is 4.96. The van der Waals surface area contributed by atoms with Crippen LogP contribution < -0.4 is 15.5 Å². The van der Waals surface area contributed by atoms with Crippen molar-refractivity contribution in [1.82, 2.24) is 0 Å². The lowest BCUT2D eigenvalue weighted by atomic mass is 10.0. The monoisotopic (exact) mass is 483 g/mol. The topological polar surface area (TPSA) is 105 Å². The molecule has 182 valence electrons. The van der Waals surface area contributed by atoms with Crippen molar-refractivity contribution >= 4 is 46.8 Å². The maximum Gasteiger partial charge on any atom is 0.338 e. The van der Waals surface area contributed by atoms with Gasteiger partial charge in [-0.3, -0.25) is 19.3 Å². The largest absolute Gasteiger partial charge is 0.462 e. The lowest BCUT2D eigenvalue weighted by molar-refractivity contribution is -0.124. The lowest BCUT2D eigenvalue weighted by Gasteiger charge is -2.35. The molecule has 0 aromatic heterocycles. The van der Waals surface area contributed by atoms with Crippen LogP contribution in [0.5, 0.6) is 0 Å². The Balaban J connectivity index is 1.53. The minimum Gasteiger partial charge on any atom is -0.462 e. The van der Waals surface area contributed by atoms with Gasteiger partial charge in [-0.25, -0.2) is 4.79 Å². The van der Waals surface area contributed by atoms with Crippen molar-refractivity contribution in [2.24, 2.45) is 0 Å². The molecule has 0 saturated heterocycles. The molecule has 0 bridgehead atoms. The number of hydrogen-bond donors (Lipinski definition) is 2. The van der Waals surface area contributed by atoms with Crippen LogP contribution in [0.25, 0.3) is 6.08 Å². The average molecular weight is 484 g/mol. The van der Waals surface area contributed by atoms with E-state index in [1.807, 2.05) is 30.3 Å². The van der Waals surface area contributed by atoms with Gasteiger partial charge in [-0.15, -0.1) is 0 Å². The maximum atomic E-state index is 13.3. The maximum absolute atomic E-state index is 13.3. The van der Waals surface area contributed by atoms with Crippen molar-refractivity contribution in [1.29, 1.82) is 0 Å². The molecule has 2 N–H and O–H groups in total. The van der Waals surface area contributed by atoms with Gasteiger partial charge < -0.3 is 15.4 Å². The van der Waals surface area contributed by atoms with Crippen molar-refractivity contribution in [2.75, 3.05) is 22.1 Å². The Hall–Kier alpha value is -4.72. The number of anilines is 3. The van der Waals surface area contributed by atoms with E-state index in [1.54, 1.807) is 61.5 Å². The second-order valence-electron chi connectivity index (χ2n) is 8.02. The number of nitrogens with one attached hydrogen (secondary N) is 2. The molecule has 36 heavy (non-hydrogen) atoms. The van der Waals surface area contributed by atoms with Gasteiger partial charge in [-0.1, -0.05) is 42.5 Å². The third-order valence-electron chi connectivity index (χ3n) is 5.55. The van der Waals surface area contributed by atoms with E-state index in [9.17, 15) is 19.2 Å². The highest BCUT2D eigenvalue weighted by atomic mass is 16.5. The van der Waals surface area contributed by atoms with Crippen molar-refractivity contribution < 1.29 is 23.9 Å². The second kappa shape index (κ2) is 11.1. The van der Waals surface area contributed by atoms with E-state index in [0.717, 1.165) is 5.56 Å². The molecule has 0 spiro atoms. The van der Waals surface area contributed by atoms with Gasteiger partial charge >= 0.3 is 5.97 Å². The number of fused-ring (bicyclic) bond motifs is 1. The van der Waals surface area contributed by atoms with Crippen LogP contribution >= 0.6 is 0 Å². The van der Waals surface area contributed by atoms with Crippen molar-refractivity contribution in [3.8, 4) is 0 Å². The zero-order chi connectivity index (χ0) is 25.5. The molecule has 1 aliphatic heterocycles. The molecule has 0 fully saturated rings. The fourth-order valence-electron chi connectivity index (χ4n) is 3.85. The summed E-state index contributed by atoms with van der Waals surface area (Å²) in [4.78, 5) is 52.3. The Morgan fingerprint density at radius 1 is 0.972 bits per heavy atom. The Morgan fingerprint density at radius 2 is 1.67 bits per heavy atom. The fourth-order valence-corrected chi connectivity index (χ4v) is 3.85. The van der Waals surface area contributed by atoms with Crippen LogP contribution in [0, 0.1) is 0 Å². The second-order valence-corrected chi connectivity index (χ2v) is 8.02. The zero-order valence-electron chi connectivity index (χ0n) is 19.6. The van der Waals surface area contributed by atoms with Gasteiger partial charge in [-0.05, 0) is 55.0 Å². The Morgan fingerprint density at radius 3 is 2.39 bits per heavy atom. The van der Waals surface area contributed by atoms with Gasteiger partial charge in [0.15, 0.2) is 0 Å². The van der Waals surface area contributed by atoms with Crippen LogP contribution in [0.3, 0.4) is 0 Å². The molecule has 8 heteroatoms. The zero-order valence-corrected chi connectivity index (χ0v) is 19.6. The van der Waals surface area contributed by atoms with E-state index in [0.29, 0.717) is 22.6 Å². The normalized spacial score (nSPS) is 14.6. The third kappa shape index (κ3) is 5.67. The number of para-hydroxylation sites is 2. The molecular formula is C28H25N3O5. The van der Waals surface area contributed by atoms with E-state index in [4.69, 9.17) is 4.74 Å². The first-order valence-electron chi connectivity index (χ1n) is 11.5. The summed E-state index contributed by atoms with van der Waals surface area (Å²) >= 11 is 0. The first-order chi connectivity index (χ1) is 17.5. The summed E-state index contributed by atoms with van der Waals surface area (Å²) in [5.41, 5.74) is 2.65. The van der Waals surface area contributed by atoms with Gasteiger partial charge in [0.1, 0.15) is 6.04 Å². The summed E-state index contributed by atoms with van der Waals surface area (Å²) in [6.07, 6.45) is 2.80. The van der Waals surface area contributed by atoms with Crippen LogP contribution in [-0.2, 0) is 19.1 Å². The quantitative estimate of drug-likeness (QED) is 0.386. The van der Waals surface area contributed by atoms with E-state index >= 15 is 0 Å². The van der Waals surface area contributed by atoms with Crippen LogP contribution in [0.15, 0.2) is 84.9 Å². The Kier molecular flexibility index (Phi) is 7.55. The molecule has 8 nitrogen and oxygen atoms in total. The Labute approximate surface area is 208 Å². The van der Waals surface area contributed by atoms with Crippen molar-refractivity contribution in [2.45, 2.75) is 19.4 Å². The highest BCUT2D eigenvalue weighted by molar-refractivity contribution is 6.16. The van der Waals surface area contributed by atoms with Gasteiger partial charge in [0.05, 0.1) is 30.0 Å². The summed E-state index contributed by atoms with van der Waals surface area (Å²) in [7, 11) is 0. The molecule has 4 rings (SSSR count). The van der Waals surface area contributed by atoms with E-state index in [2.05, 4.69) is 10.6 Å². The van der Waals surface area contributed by atoms with E-state index in [-0.39, 0.29) is 13.0 Å². The van der Waals surface area contributed by atoms with E-state index in [1.165, 1.54) is 11.0 Å². The molecule has 0 aliphatic carbocycles. The molecule has 1 unspecified atom stereocenters. The van der Waals surface area contributed by atoms with Crippen molar-refractivity contribution in [3.05, 3.63) is 96.1 Å². The van der Waals surface area contributed by atoms with Crippen LogP contribution in [-0.4, -0.2) is 36.3 Å². The van der Waals surface area contributed by atoms with Gasteiger partial charge in [0, 0.05) is 11.8 Å². The molecule has 1 heterocycles. The van der Waals surface area contributed by atoms with Crippen LogP contribution in [0.4, 0.5) is 17.1 Å². The third-order valence-corrected chi connectivity index (χ3v) is 5.55. The molecule has 1 aliphatic rings. The summed E-state index contributed by atoms with van der Waals surface area (Å²) in [6.45, 7) is 1.98. The number of carbonyl (C=O) groups is 4. The first kappa shape index (κ1) is 24.4. The first-order valence-corrected chi connectivity index (χ1v) is 11.5. The molecular weight excluding hydrogens is 458 g/mol. The molecule has 3 amide bonds. The summed E-state index contributed by atoms with van der Waals surface area (Å²) in [5, 5.41) is 5.50. The van der Waals surface area contributed by atoms with Crippen molar-refractivity contribution in [3.63, 3.8) is 0 Å². The predicted octanol–water partition coefficient (Wildman–Crippen LogP) is 4.26. The van der Waals surface area contributed by atoms with Gasteiger partial charge in [-0.2, -0.15) is 0 Å². The van der Waals surface area contributed by atoms with Crippen LogP contribution in [0.1, 0.15) is 29.3 Å².